The fourth-order valence-corrected chi connectivity index (χ4v) is 3.05. The summed E-state index contributed by atoms with van der Waals surface area (Å²) in [6.07, 6.45) is -2.20. The van der Waals surface area contributed by atoms with Gasteiger partial charge in [-0.25, -0.2) is 4.98 Å². The molecule has 3 rings (SSSR count). The number of piperazine rings is 1. The van der Waals surface area contributed by atoms with Crippen molar-refractivity contribution < 1.29 is 18.0 Å². The Morgan fingerprint density at radius 1 is 1.16 bits per heavy atom. The molecule has 1 amide bonds. The van der Waals surface area contributed by atoms with Crippen molar-refractivity contribution in [2.75, 3.05) is 31.1 Å². The summed E-state index contributed by atoms with van der Waals surface area (Å²) in [5.74, 6) is 0.0997. The molecule has 2 aromatic rings. The predicted molar refractivity (Wildman–Crippen MR) is 88.2 cm³/mol. The Morgan fingerprint density at radius 3 is 2.36 bits per heavy atom. The fraction of sp³-hybridized carbons (Fsp3) is 0.333. The molecule has 1 N–H and O–H groups in total. The molecule has 25 heavy (non-hydrogen) atoms. The van der Waals surface area contributed by atoms with Gasteiger partial charge >= 0.3 is 6.18 Å². The molecule has 0 bridgehead atoms. The van der Waals surface area contributed by atoms with Crippen LogP contribution in [0.25, 0.3) is 0 Å². The molecule has 10 heteroatoms. The molecule has 0 saturated carbocycles. The fourth-order valence-electron chi connectivity index (χ4n) is 2.60. The smallest absolute Gasteiger partial charge is 0.356 e. The van der Waals surface area contributed by atoms with E-state index in [0.29, 0.717) is 36.9 Å². The summed E-state index contributed by atoms with van der Waals surface area (Å²) in [7, 11) is 0. The molecule has 0 spiro atoms. The number of aromatic nitrogens is 2. The number of hydrogen-bond acceptors (Lipinski definition) is 3. The number of alkyl halides is 3. The minimum absolute atomic E-state index is 0.0641. The highest BCUT2D eigenvalue weighted by Crippen LogP contribution is 2.33. The highest BCUT2D eigenvalue weighted by molar-refractivity contribution is 6.33. The second-order valence-electron chi connectivity index (χ2n) is 5.54. The van der Waals surface area contributed by atoms with Gasteiger partial charge in [-0.15, -0.1) is 0 Å². The number of H-pyrrole nitrogens is 1. The zero-order chi connectivity index (χ0) is 18.2. The molecule has 0 radical (unpaired) electrons. The zero-order valence-corrected chi connectivity index (χ0v) is 14.3. The average Bonchev–Trinajstić information content (AvgIpc) is 3.00. The number of nitrogens with zero attached hydrogens (tertiary/aromatic N) is 3. The van der Waals surface area contributed by atoms with Crippen molar-refractivity contribution in [1.29, 1.82) is 0 Å². The molecule has 0 aromatic carbocycles. The first-order valence-corrected chi connectivity index (χ1v) is 8.12. The Bertz CT molecular complexity index is 785. The van der Waals surface area contributed by atoms with Crippen molar-refractivity contribution in [3.05, 3.63) is 45.8 Å². The summed E-state index contributed by atoms with van der Waals surface area (Å²) in [4.78, 5) is 22.4. The molecule has 1 aliphatic heterocycles. The largest absolute Gasteiger partial charge is 0.417 e. The second kappa shape index (κ2) is 6.76. The minimum atomic E-state index is -4.49. The van der Waals surface area contributed by atoms with Crippen molar-refractivity contribution in [2.24, 2.45) is 0 Å². The van der Waals surface area contributed by atoms with Gasteiger partial charge in [-0.2, -0.15) is 13.2 Å². The van der Waals surface area contributed by atoms with Crippen LogP contribution in [-0.4, -0.2) is 47.0 Å². The predicted octanol–water partition coefficient (Wildman–Crippen LogP) is 3.70. The zero-order valence-electron chi connectivity index (χ0n) is 12.8. The van der Waals surface area contributed by atoms with E-state index in [0.717, 1.165) is 12.3 Å². The average molecular weight is 393 g/mol. The van der Waals surface area contributed by atoms with Crippen LogP contribution in [0.15, 0.2) is 24.5 Å². The van der Waals surface area contributed by atoms with E-state index in [9.17, 15) is 18.0 Å². The molecular formula is C15H13Cl2F3N4O. The molecular weight excluding hydrogens is 380 g/mol. The summed E-state index contributed by atoms with van der Waals surface area (Å²) < 4.78 is 38.0. The van der Waals surface area contributed by atoms with E-state index in [1.807, 2.05) is 0 Å². The summed E-state index contributed by atoms with van der Waals surface area (Å²) >= 11 is 11.8. The topological polar surface area (TPSA) is 52.2 Å². The van der Waals surface area contributed by atoms with Gasteiger partial charge in [0, 0.05) is 38.6 Å². The Labute approximate surface area is 151 Å². The highest BCUT2D eigenvalue weighted by Gasteiger charge is 2.32. The van der Waals surface area contributed by atoms with Crippen molar-refractivity contribution in [3.63, 3.8) is 0 Å². The monoisotopic (exact) mass is 392 g/mol. The number of halogens is 5. The quantitative estimate of drug-likeness (QED) is 0.847. The maximum atomic E-state index is 12.7. The Kier molecular flexibility index (Phi) is 4.83. The third-order valence-electron chi connectivity index (χ3n) is 3.89. The number of pyridine rings is 1. The van der Waals surface area contributed by atoms with Gasteiger partial charge in [0.15, 0.2) is 0 Å². The normalized spacial score (nSPS) is 15.6. The molecule has 134 valence electrons. The van der Waals surface area contributed by atoms with Crippen LogP contribution in [0.4, 0.5) is 19.0 Å². The maximum Gasteiger partial charge on any atom is 0.417 e. The molecule has 0 unspecified atom stereocenters. The molecule has 2 aromatic heterocycles. The van der Waals surface area contributed by atoms with Crippen LogP contribution in [-0.2, 0) is 6.18 Å². The molecule has 1 aliphatic rings. The van der Waals surface area contributed by atoms with E-state index in [2.05, 4.69) is 9.97 Å². The molecule has 0 aliphatic carbocycles. The summed E-state index contributed by atoms with van der Waals surface area (Å²) in [6, 6.07) is 2.41. The van der Waals surface area contributed by atoms with Crippen LogP contribution in [0, 0.1) is 0 Å². The number of aromatic amines is 1. The number of carbonyl (C=O) groups excluding carboxylic acids is 1. The molecule has 5 nitrogen and oxygen atoms in total. The van der Waals surface area contributed by atoms with Gasteiger partial charge in [0.1, 0.15) is 11.5 Å². The van der Waals surface area contributed by atoms with E-state index in [1.165, 1.54) is 6.20 Å². The van der Waals surface area contributed by atoms with Crippen LogP contribution in [0.2, 0.25) is 10.0 Å². The minimum Gasteiger partial charge on any atom is -0.356 e. The summed E-state index contributed by atoms with van der Waals surface area (Å²) in [6.45, 7) is 1.62. The van der Waals surface area contributed by atoms with Gasteiger partial charge in [0.2, 0.25) is 0 Å². The van der Waals surface area contributed by atoms with Crippen molar-refractivity contribution in [3.8, 4) is 0 Å². The van der Waals surface area contributed by atoms with Gasteiger partial charge in [0.25, 0.3) is 5.91 Å². The Balaban J connectivity index is 1.67. The maximum absolute atomic E-state index is 12.7. The first-order valence-electron chi connectivity index (χ1n) is 7.36. The summed E-state index contributed by atoms with van der Waals surface area (Å²) in [5, 5.41) is 0.383. The first-order chi connectivity index (χ1) is 11.8. The molecule has 1 fully saturated rings. The first kappa shape index (κ1) is 17.9. The Hall–Kier alpha value is -1.93. The number of rotatable bonds is 2. The van der Waals surface area contributed by atoms with Crippen molar-refractivity contribution >= 4 is 34.9 Å². The van der Waals surface area contributed by atoms with Crippen molar-refractivity contribution in [2.45, 2.75) is 6.18 Å². The number of amides is 1. The second-order valence-corrected chi connectivity index (χ2v) is 6.38. The third kappa shape index (κ3) is 3.85. The molecule has 1 saturated heterocycles. The van der Waals surface area contributed by atoms with Gasteiger partial charge in [-0.05, 0) is 12.1 Å². The number of nitrogens with one attached hydrogen (secondary N) is 1. The summed E-state index contributed by atoms with van der Waals surface area (Å²) in [5.41, 5.74) is -0.497. The van der Waals surface area contributed by atoms with Crippen LogP contribution in [0.1, 0.15) is 16.1 Å². The van der Waals surface area contributed by atoms with Crippen molar-refractivity contribution in [1.82, 2.24) is 14.9 Å². The number of carbonyl (C=O) groups is 1. The van der Waals surface area contributed by atoms with E-state index in [4.69, 9.17) is 23.2 Å². The highest BCUT2D eigenvalue weighted by atomic mass is 35.5. The SMILES string of the molecule is O=C(c1cc(Cl)c[nH]1)N1CCN(c2ncc(C(F)(F)F)cc2Cl)CC1. The molecule has 3 heterocycles. The van der Waals surface area contributed by atoms with E-state index in [1.54, 1.807) is 15.9 Å². The van der Waals surface area contributed by atoms with Crippen LogP contribution in [0.3, 0.4) is 0 Å². The van der Waals surface area contributed by atoms with E-state index >= 15 is 0 Å². The standard InChI is InChI=1S/C15H13Cl2F3N4O/c16-10-6-12(21-8-10)14(25)24-3-1-23(2-4-24)13-11(17)5-9(7-22-13)15(18,19)20/h5-8,21H,1-4H2. The lowest BCUT2D eigenvalue weighted by molar-refractivity contribution is -0.137. The molecule has 0 atom stereocenters. The lowest BCUT2D eigenvalue weighted by atomic mass is 10.2. The van der Waals surface area contributed by atoms with Crippen LogP contribution < -0.4 is 4.90 Å². The lowest BCUT2D eigenvalue weighted by Crippen LogP contribution is -2.49. The van der Waals surface area contributed by atoms with Gasteiger partial charge in [-0.3, -0.25) is 4.79 Å². The van der Waals surface area contributed by atoms with Crippen LogP contribution in [0.5, 0.6) is 0 Å². The Morgan fingerprint density at radius 2 is 1.84 bits per heavy atom. The van der Waals surface area contributed by atoms with Gasteiger partial charge in [0.05, 0.1) is 15.6 Å². The van der Waals surface area contributed by atoms with E-state index < -0.39 is 11.7 Å². The lowest BCUT2D eigenvalue weighted by Gasteiger charge is -2.35. The van der Waals surface area contributed by atoms with E-state index in [-0.39, 0.29) is 16.7 Å². The van der Waals surface area contributed by atoms with Crippen LogP contribution >= 0.6 is 23.2 Å². The number of hydrogen-bond donors (Lipinski definition) is 1. The third-order valence-corrected chi connectivity index (χ3v) is 4.39. The number of anilines is 1. The van der Waals surface area contributed by atoms with Gasteiger partial charge < -0.3 is 14.8 Å². The van der Waals surface area contributed by atoms with Gasteiger partial charge in [-0.1, -0.05) is 23.2 Å².